The lowest BCUT2D eigenvalue weighted by molar-refractivity contribution is -0.286. The number of hydrogen-bond acceptors (Lipinski definition) is 5. The van der Waals surface area contributed by atoms with E-state index in [4.69, 9.17) is 10.2 Å². The molecule has 0 bridgehead atoms. The molecule has 1 aliphatic heterocycles. The summed E-state index contributed by atoms with van der Waals surface area (Å²) in [7, 11) is 0. The molecule has 0 saturated carbocycles. The third-order valence-electron chi connectivity index (χ3n) is 2.15. The summed E-state index contributed by atoms with van der Waals surface area (Å²) in [6, 6.07) is 4.18. The van der Waals surface area contributed by atoms with Gasteiger partial charge in [-0.1, -0.05) is 0 Å². The second-order valence-corrected chi connectivity index (χ2v) is 3.55. The summed E-state index contributed by atoms with van der Waals surface area (Å²) >= 11 is 0. The summed E-state index contributed by atoms with van der Waals surface area (Å²) in [5.74, 6) is -0.109. The van der Waals surface area contributed by atoms with Gasteiger partial charge in [0.2, 0.25) is 0 Å². The minimum absolute atomic E-state index is 0.0387. The molecule has 1 atom stereocenters. The number of rotatable bonds is 4. The van der Waals surface area contributed by atoms with E-state index in [1.54, 1.807) is 0 Å². The Kier molecular flexibility index (Phi) is 3.03. The van der Waals surface area contributed by atoms with Crippen molar-refractivity contribution in [3.63, 3.8) is 0 Å². The molecule has 94 valence electrons. The van der Waals surface area contributed by atoms with Crippen LogP contribution in [0.1, 0.15) is 0 Å². The van der Waals surface area contributed by atoms with Crippen molar-refractivity contribution < 1.29 is 28.5 Å². The van der Waals surface area contributed by atoms with Gasteiger partial charge in [0.25, 0.3) is 0 Å². The molecule has 1 aromatic carbocycles. The maximum Gasteiger partial charge on any atom is 0.586 e. The molecule has 1 aliphatic rings. The number of benzene rings is 1. The molecule has 0 aromatic heterocycles. The summed E-state index contributed by atoms with van der Waals surface area (Å²) in [4.78, 5) is 0. The fourth-order valence-corrected chi connectivity index (χ4v) is 1.36. The van der Waals surface area contributed by atoms with Crippen molar-refractivity contribution in [1.29, 1.82) is 0 Å². The Morgan fingerprint density at radius 2 is 2.00 bits per heavy atom. The highest BCUT2D eigenvalue weighted by molar-refractivity contribution is 5.55. The Morgan fingerprint density at radius 1 is 1.29 bits per heavy atom. The number of halogens is 2. The average molecular weight is 247 g/mol. The van der Waals surface area contributed by atoms with Crippen LogP contribution in [0, 0.1) is 0 Å². The van der Waals surface area contributed by atoms with Gasteiger partial charge in [0.15, 0.2) is 11.5 Å². The Labute approximate surface area is 95.6 Å². The number of anilines is 1. The summed E-state index contributed by atoms with van der Waals surface area (Å²) in [5, 5.41) is 20.5. The Hall–Kier alpha value is -1.60. The van der Waals surface area contributed by atoms with E-state index in [0.29, 0.717) is 5.69 Å². The molecule has 7 heteroatoms. The lowest BCUT2D eigenvalue weighted by Gasteiger charge is -2.10. The molecule has 2 rings (SSSR count). The smallest absolute Gasteiger partial charge is 0.395 e. The number of aliphatic hydroxyl groups is 2. The topological polar surface area (TPSA) is 71.0 Å². The predicted octanol–water partition coefficient (Wildman–Crippen LogP) is 0.773. The molecule has 1 heterocycles. The SMILES string of the molecule is OC[C@@H](O)CNc1ccc2c(c1)OC(F)(F)O2. The fraction of sp³-hybridized carbons (Fsp3) is 0.400. The van der Waals surface area contributed by atoms with Crippen molar-refractivity contribution in [2.45, 2.75) is 12.4 Å². The zero-order valence-electron chi connectivity index (χ0n) is 8.69. The van der Waals surface area contributed by atoms with Crippen molar-refractivity contribution >= 4 is 5.69 Å². The molecule has 0 spiro atoms. The molecule has 5 nitrogen and oxygen atoms in total. The summed E-state index contributed by atoms with van der Waals surface area (Å²) < 4.78 is 33.9. The van der Waals surface area contributed by atoms with Crippen LogP contribution in [0.5, 0.6) is 11.5 Å². The number of alkyl halides is 2. The van der Waals surface area contributed by atoms with Crippen LogP contribution >= 0.6 is 0 Å². The first kappa shape index (κ1) is 11.9. The Balaban J connectivity index is 2.04. The number of ether oxygens (including phenoxy) is 2. The van der Waals surface area contributed by atoms with Crippen molar-refractivity contribution in [2.24, 2.45) is 0 Å². The number of aliphatic hydroxyl groups excluding tert-OH is 2. The maximum absolute atomic E-state index is 12.7. The van der Waals surface area contributed by atoms with E-state index in [9.17, 15) is 8.78 Å². The zero-order chi connectivity index (χ0) is 12.5. The van der Waals surface area contributed by atoms with E-state index < -0.39 is 12.4 Å². The van der Waals surface area contributed by atoms with Gasteiger partial charge in [-0.3, -0.25) is 0 Å². The minimum Gasteiger partial charge on any atom is -0.395 e. The van der Waals surface area contributed by atoms with Gasteiger partial charge in [0, 0.05) is 18.3 Å². The van der Waals surface area contributed by atoms with Crippen LogP contribution in [0.25, 0.3) is 0 Å². The quantitative estimate of drug-likeness (QED) is 0.733. The zero-order valence-corrected chi connectivity index (χ0v) is 8.69. The van der Waals surface area contributed by atoms with E-state index >= 15 is 0 Å². The van der Waals surface area contributed by atoms with Gasteiger partial charge in [-0.05, 0) is 12.1 Å². The standard InChI is InChI=1S/C10H11F2NO4/c11-10(12)16-8-2-1-6(3-9(8)17-10)13-4-7(15)5-14/h1-3,7,13-15H,4-5H2/t7-/m0/s1. The van der Waals surface area contributed by atoms with Gasteiger partial charge in [-0.25, -0.2) is 0 Å². The first-order valence-electron chi connectivity index (χ1n) is 4.93. The molecule has 1 aromatic rings. The van der Waals surface area contributed by atoms with Crippen LogP contribution in [-0.4, -0.2) is 35.8 Å². The Morgan fingerprint density at radius 3 is 2.71 bits per heavy atom. The van der Waals surface area contributed by atoms with Crippen LogP contribution in [0.4, 0.5) is 14.5 Å². The third-order valence-corrected chi connectivity index (χ3v) is 2.15. The normalized spacial score (nSPS) is 17.9. The van der Waals surface area contributed by atoms with Crippen molar-refractivity contribution in [2.75, 3.05) is 18.5 Å². The van der Waals surface area contributed by atoms with Gasteiger partial charge in [-0.15, -0.1) is 8.78 Å². The molecule has 0 amide bonds. The van der Waals surface area contributed by atoms with E-state index in [2.05, 4.69) is 14.8 Å². The molecule has 17 heavy (non-hydrogen) atoms. The largest absolute Gasteiger partial charge is 0.586 e. The number of hydrogen-bond donors (Lipinski definition) is 3. The average Bonchev–Trinajstić information content (AvgIpc) is 2.58. The van der Waals surface area contributed by atoms with Gasteiger partial charge < -0.3 is 25.0 Å². The third kappa shape index (κ3) is 2.75. The monoisotopic (exact) mass is 247 g/mol. The molecule has 3 N–H and O–H groups in total. The molecule has 0 aliphatic carbocycles. The molecular formula is C10H11F2NO4. The number of fused-ring (bicyclic) bond motifs is 1. The van der Waals surface area contributed by atoms with E-state index in [0.717, 1.165) is 0 Å². The summed E-state index contributed by atoms with van der Waals surface area (Å²) in [6.07, 6.45) is -4.55. The van der Waals surface area contributed by atoms with Crippen LogP contribution in [0.2, 0.25) is 0 Å². The lowest BCUT2D eigenvalue weighted by atomic mass is 10.2. The molecule has 0 saturated heterocycles. The highest BCUT2D eigenvalue weighted by atomic mass is 19.3. The van der Waals surface area contributed by atoms with Crippen LogP contribution in [-0.2, 0) is 0 Å². The molecular weight excluding hydrogens is 236 g/mol. The van der Waals surface area contributed by atoms with Crippen LogP contribution < -0.4 is 14.8 Å². The maximum atomic E-state index is 12.7. The summed E-state index contributed by atoms with van der Waals surface area (Å²) in [5.41, 5.74) is 0.484. The highest BCUT2D eigenvalue weighted by Gasteiger charge is 2.43. The molecule has 0 radical (unpaired) electrons. The van der Waals surface area contributed by atoms with Gasteiger partial charge >= 0.3 is 6.29 Å². The molecule has 0 fully saturated rings. The van der Waals surface area contributed by atoms with Gasteiger partial charge in [-0.2, -0.15) is 0 Å². The molecule has 0 unspecified atom stereocenters. The minimum atomic E-state index is -3.63. The Bertz CT molecular complexity index is 413. The van der Waals surface area contributed by atoms with E-state index in [1.807, 2.05) is 0 Å². The first-order chi connectivity index (χ1) is 8.00. The predicted molar refractivity (Wildman–Crippen MR) is 54.2 cm³/mol. The van der Waals surface area contributed by atoms with Crippen molar-refractivity contribution in [3.8, 4) is 11.5 Å². The van der Waals surface area contributed by atoms with Gasteiger partial charge in [0.05, 0.1) is 12.7 Å². The second-order valence-electron chi connectivity index (χ2n) is 3.55. The summed E-state index contributed by atoms with van der Waals surface area (Å²) in [6.45, 7) is -0.276. The second kappa shape index (κ2) is 4.34. The van der Waals surface area contributed by atoms with Crippen molar-refractivity contribution in [1.82, 2.24) is 0 Å². The van der Waals surface area contributed by atoms with Crippen molar-refractivity contribution in [3.05, 3.63) is 18.2 Å². The fourth-order valence-electron chi connectivity index (χ4n) is 1.36. The van der Waals surface area contributed by atoms with Crippen LogP contribution in [0.3, 0.4) is 0 Å². The van der Waals surface area contributed by atoms with E-state index in [1.165, 1.54) is 18.2 Å². The lowest BCUT2D eigenvalue weighted by Crippen LogP contribution is -2.26. The first-order valence-corrected chi connectivity index (χ1v) is 4.93. The highest BCUT2D eigenvalue weighted by Crippen LogP contribution is 2.42. The van der Waals surface area contributed by atoms with Gasteiger partial charge in [0.1, 0.15) is 0 Å². The van der Waals surface area contributed by atoms with E-state index in [-0.39, 0.29) is 24.7 Å². The van der Waals surface area contributed by atoms with Crippen LogP contribution in [0.15, 0.2) is 18.2 Å². The number of nitrogens with one attached hydrogen (secondary N) is 1.